The van der Waals surface area contributed by atoms with Gasteiger partial charge in [0.1, 0.15) is 11.9 Å². The summed E-state index contributed by atoms with van der Waals surface area (Å²) in [7, 11) is 0. The molecule has 6 heteroatoms. The third-order valence-electron chi connectivity index (χ3n) is 7.10. The lowest BCUT2D eigenvalue weighted by atomic mass is 9.48. The van der Waals surface area contributed by atoms with Crippen LogP contribution in [0.2, 0.25) is 0 Å². The zero-order valence-corrected chi connectivity index (χ0v) is 17.3. The van der Waals surface area contributed by atoms with Crippen molar-refractivity contribution in [1.29, 1.82) is 0 Å². The number of ketones is 2. The zero-order chi connectivity index (χ0) is 21.0. The molecule has 154 valence electrons. The standard InChI is InChI=1S/C22H30O6/c1-11(2)15-18(25)16-13(28-12(3)24)9-14-21(4,10-23)7-6-8-22(14,5)17(16)20(27)19(15)26/h11,13-14,23,25H,6-10H2,1-5H3. The number of esters is 1. The highest BCUT2D eigenvalue weighted by Gasteiger charge is 2.59. The average molecular weight is 390 g/mol. The second-order valence-electron chi connectivity index (χ2n) is 9.33. The number of ether oxygens (including phenoxy) is 1. The molecule has 1 fully saturated rings. The molecule has 0 aromatic heterocycles. The van der Waals surface area contributed by atoms with Crippen molar-refractivity contribution in [1.82, 2.24) is 0 Å². The third-order valence-corrected chi connectivity index (χ3v) is 7.10. The van der Waals surface area contributed by atoms with Crippen LogP contribution in [-0.4, -0.2) is 40.5 Å². The van der Waals surface area contributed by atoms with Crippen LogP contribution in [0, 0.1) is 22.7 Å². The highest BCUT2D eigenvalue weighted by molar-refractivity contribution is 6.50. The van der Waals surface area contributed by atoms with Gasteiger partial charge in [-0.2, -0.15) is 0 Å². The SMILES string of the molecule is CC(=O)OC1CC2C(C)(CO)CCCC2(C)C2=C1C(O)=C(C(C)C)C(=O)C2=O. The molecule has 4 atom stereocenters. The number of hydrogen-bond acceptors (Lipinski definition) is 6. The number of rotatable bonds is 3. The van der Waals surface area contributed by atoms with Gasteiger partial charge in [0.05, 0.1) is 0 Å². The molecular weight excluding hydrogens is 360 g/mol. The van der Waals surface area contributed by atoms with Crippen LogP contribution in [0.25, 0.3) is 0 Å². The minimum atomic E-state index is -0.805. The number of carbonyl (C=O) groups is 3. The molecule has 1 saturated carbocycles. The van der Waals surface area contributed by atoms with Crippen LogP contribution in [0.3, 0.4) is 0 Å². The molecule has 28 heavy (non-hydrogen) atoms. The Hall–Kier alpha value is -1.95. The van der Waals surface area contributed by atoms with E-state index in [2.05, 4.69) is 0 Å². The largest absolute Gasteiger partial charge is 0.507 e. The number of aliphatic hydroxyl groups excluding tert-OH is 2. The summed E-state index contributed by atoms with van der Waals surface area (Å²) in [5.74, 6) is -2.48. The number of Topliss-reactive ketones (excluding diaryl/α,β-unsaturated/α-hetero) is 2. The first-order chi connectivity index (χ1) is 13.0. The quantitative estimate of drug-likeness (QED) is 0.436. The fraction of sp³-hybridized carbons (Fsp3) is 0.682. The van der Waals surface area contributed by atoms with E-state index >= 15 is 0 Å². The summed E-state index contributed by atoms with van der Waals surface area (Å²) in [5.41, 5.74) is -0.454. The van der Waals surface area contributed by atoms with E-state index in [-0.39, 0.29) is 35.3 Å². The predicted molar refractivity (Wildman–Crippen MR) is 102 cm³/mol. The average Bonchev–Trinajstić information content (AvgIpc) is 2.59. The van der Waals surface area contributed by atoms with Crippen LogP contribution >= 0.6 is 0 Å². The fourth-order valence-electron chi connectivity index (χ4n) is 5.79. The van der Waals surface area contributed by atoms with Gasteiger partial charge in [0.15, 0.2) is 0 Å². The molecule has 3 aliphatic rings. The van der Waals surface area contributed by atoms with Crippen LogP contribution in [0.4, 0.5) is 0 Å². The van der Waals surface area contributed by atoms with E-state index in [9.17, 15) is 24.6 Å². The van der Waals surface area contributed by atoms with Crippen molar-refractivity contribution in [3.63, 3.8) is 0 Å². The highest BCUT2D eigenvalue weighted by atomic mass is 16.5. The lowest BCUT2D eigenvalue weighted by Gasteiger charge is -2.56. The molecule has 4 unspecified atom stereocenters. The van der Waals surface area contributed by atoms with Crippen molar-refractivity contribution < 1.29 is 29.3 Å². The fourth-order valence-corrected chi connectivity index (χ4v) is 5.79. The van der Waals surface area contributed by atoms with Gasteiger partial charge in [0, 0.05) is 35.7 Å². The summed E-state index contributed by atoms with van der Waals surface area (Å²) in [6.07, 6.45) is 1.88. The molecule has 2 N–H and O–H groups in total. The Labute approximate surface area is 165 Å². The van der Waals surface area contributed by atoms with Gasteiger partial charge in [-0.25, -0.2) is 0 Å². The van der Waals surface area contributed by atoms with Crippen LogP contribution in [0.5, 0.6) is 0 Å². The number of fused-ring (bicyclic) bond motifs is 2. The Morgan fingerprint density at radius 1 is 1.21 bits per heavy atom. The van der Waals surface area contributed by atoms with Crippen molar-refractivity contribution >= 4 is 17.5 Å². The van der Waals surface area contributed by atoms with E-state index < -0.39 is 34.5 Å². The molecule has 0 spiro atoms. The van der Waals surface area contributed by atoms with Crippen molar-refractivity contribution in [2.45, 2.75) is 66.4 Å². The third kappa shape index (κ3) is 2.84. The Bertz CT molecular complexity index is 804. The molecule has 0 radical (unpaired) electrons. The van der Waals surface area contributed by atoms with E-state index in [1.165, 1.54) is 6.92 Å². The van der Waals surface area contributed by atoms with Gasteiger partial charge in [-0.1, -0.05) is 34.1 Å². The Morgan fingerprint density at radius 2 is 1.86 bits per heavy atom. The highest BCUT2D eigenvalue weighted by Crippen LogP contribution is 2.61. The molecule has 3 aliphatic carbocycles. The smallest absolute Gasteiger partial charge is 0.303 e. The lowest BCUT2D eigenvalue weighted by molar-refractivity contribution is -0.150. The van der Waals surface area contributed by atoms with Gasteiger partial charge in [-0.3, -0.25) is 14.4 Å². The maximum atomic E-state index is 13.3. The van der Waals surface area contributed by atoms with Gasteiger partial charge < -0.3 is 14.9 Å². The van der Waals surface area contributed by atoms with Gasteiger partial charge >= 0.3 is 5.97 Å². The Balaban J connectivity index is 2.30. The minimum absolute atomic E-state index is 0.0517. The number of carbonyl (C=O) groups excluding carboxylic acids is 3. The topological polar surface area (TPSA) is 101 Å². The molecule has 0 aliphatic heterocycles. The second-order valence-corrected chi connectivity index (χ2v) is 9.33. The molecule has 6 nitrogen and oxygen atoms in total. The van der Waals surface area contributed by atoms with Crippen LogP contribution in [0.15, 0.2) is 22.5 Å². The summed E-state index contributed by atoms with van der Waals surface area (Å²) in [4.78, 5) is 37.9. The maximum Gasteiger partial charge on any atom is 0.303 e. The predicted octanol–water partition coefficient (Wildman–Crippen LogP) is 3.04. The molecule has 0 amide bonds. The lowest BCUT2D eigenvalue weighted by Crippen LogP contribution is -2.55. The van der Waals surface area contributed by atoms with Crippen LogP contribution < -0.4 is 0 Å². The van der Waals surface area contributed by atoms with E-state index in [1.54, 1.807) is 13.8 Å². The first-order valence-corrected chi connectivity index (χ1v) is 10.0. The first-order valence-electron chi connectivity index (χ1n) is 10.0. The molecule has 3 rings (SSSR count). The normalized spacial score (nSPS) is 35.8. The van der Waals surface area contributed by atoms with Crippen molar-refractivity contribution in [2.24, 2.45) is 22.7 Å². The number of allylic oxidation sites excluding steroid dienone is 2. The monoisotopic (exact) mass is 390 g/mol. The summed E-state index contributed by atoms with van der Waals surface area (Å²) >= 11 is 0. The van der Waals surface area contributed by atoms with Gasteiger partial charge in [-0.15, -0.1) is 0 Å². The summed E-state index contributed by atoms with van der Waals surface area (Å²) in [5, 5.41) is 21.1. The van der Waals surface area contributed by atoms with E-state index in [0.29, 0.717) is 18.4 Å². The maximum absolute atomic E-state index is 13.3. The van der Waals surface area contributed by atoms with E-state index in [1.807, 2.05) is 13.8 Å². The second kappa shape index (κ2) is 6.83. The molecule has 0 heterocycles. The Kier molecular flexibility index (Phi) is 5.07. The number of aliphatic hydroxyl groups is 2. The molecule has 0 saturated heterocycles. The van der Waals surface area contributed by atoms with Crippen LogP contribution in [0.1, 0.15) is 60.3 Å². The number of hydrogen-bond donors (Lipinski definition) is 2. The van der Waals surface area contributed by atoms with Gasteiger partial charge in [0.25, 0.3) is 0 Å². The molecule has 0 bridgehead atoms. The summed E-state index contributed by atoms with van der Waals surface area (Å²) in [6.45, 7) is 8.67. The van der Waals surface area contributed by atoms with Crippen molar-refractivity contribution in [3.8, 4) is 0 Å². The molecule has 0 aromatic rings. The van der Waals surface area contributed by atoms with Crippen molar-refractivity contribution in [2.75, 3.05) is 6.61 Å². The molecule has 0 aromatic carbocycles. The summed E-state index contributed by atoms with van der Waals surface area (Å²) < 4.78 is 5.54. The van der Waals surface area contributed by atoms with Gasteiger partial charge in [0.2, 0.25) is 11.6 Å². The zero-order valence-electron chi connectivity index (χ0n) is 17.3. The molecular formula is C22H30O6. The first kappa shape index (κ1) is 20.8. The van der Waals surface area contributed by atoms with Gasteiger partial charge in [-0.05, 0) is 36.5 Å². The Morgan fingerprint density at radius 3 is 2.39 bits per heavy atom. The van der Waals surface area contributed by atoms with Crippen molar-refractivity contribution in [3.05, 3.63) is 22.5 Å². The summed E-state index contributed by atoms with van der Waals surface area (Å²) in [6, 6.07) is 0. The van der Waals surface area contributed by atoms with E-state index in [0.717, 1.165) is 12.8 Å². The van der Waals surface area contributed by atoms with E-state index in [4.69, 9.17) is 4.74 Å². The minimum Gasteiger partial charge on any atom is -0.507 e. The van der Waals surface area contributed by atoms with Crippen LogP contribution in [-0.2, 0) is 19.1 Å².